The summed E-state index contributed by atoms with van der Waals surface area (Å²) in [6, 6.07) is 0. The van der Waals surface area contributed by atoms with Gasteiger partial charge in [-0.1, -0.05) is 194 Å². The summed E-state index contributed by atoms with van der Waals surface area (Å²) >= 11 is 0. The van der Waals surface area contributed by atoms with Gasteiger partial charge in [-0.15, -0.1) is 0 Å². The molecule has 53 heavy (non-hydrogen) atoms. The summed E-state index contributed by atoms with van der Waals surface area (Å²) in [6.45, 7) is 5.03. The van der Waals surface area contributed by atoms with Crippen LogP contribution in [0.25, 0.3) is 0 Å². The molecule has 0 saturated heterocycles. The smallest absolute Gasteiger partial charge is 0.550 e. The summed E-state index contributed by atoms with van der Waals surface area (Å²) in [5, 5.41) is 20.8. The van der Waals surface area contributed by atoms with E-state index in [1.165, 1.54) is 177 Å². The number of carbonyl (C=O) groups is 4. The third-order valence-corrected chi connectivity index (χ3v) is 10.1. The van der Waals surface area contributed by atoms with Gasteiger partial charge in [-0.3, -0.25) is 9.59 Å². The van der Waals surface area contributed by atoms with Crippen molar-refractivity contribution in [3.05, 3.63) is 0 Å². The van der Waals surface area contributed by atoms with Crippen LogP contribution in [0.4, 0.5) is 0 Å². The van der Waals surface area contributed by atoms with Crippen LogP contribution in [0.5, 0.6) is 0 Å². The van der Waals surface area contributed by atoms with Crippen molar-refractivity contribution in [2.24, 2.45) is 0 Å². The van der Waals surface area contributed by atoms with Crippen LogP contribution in [0.1, 0.15) is 232 Å². The van der Waals surface area contributed by atoms with E-state index < -0.39 is 11.9 Å². The molecule has 0 rings (SSSR count). The number of nitrogens with zero attached hydrogens (tertiary/aromatic N) is 2. The summed E-state index contributed by atoms with van der Waals surface area (Å²) in [7, 11) is 3.33. The molecule has 0 aliphatic rings. The Morgan fingerprint density at radius 1 is 0.340 bits per heavy atom. The van der Waals surface area contributed by atoms with Gasteiger partial charge < -0.3 is 29.6 Å². The number of carboxylic acid groups (broad SMARTS) is 2. The van der Waals surface area contributed by atoms with Gasteiger partial charge in [-0.25, -0.2) is 0 Å². The van der Waals surface area contributed by atoms with E-state index >= 15 is 0 Å². The topological polar surface area (TPSA) is 121 Å². The number of unbranched alkanes of at least 4 members (excludes halogenated alkanes) is 28. The molecule has 0 saturated carbocycles. The van der Waals surface area contributed by atoms with Gasteiger partial charge in [0.1, 0.15) is 0 Å². The Morgan fingerprint density at radius 2 is 0.528 bits per heavy atom. The van der Waals surface area contributed by atoms with Gasteiger partial charge in [0.15, 0.2) is 0 Å². The Morgan fingerprint density at radius 3 is 0.717 bits per heavy atom. The Bertz CT molecular complexity index is 762. The average Bonchev–Trinajstić information content (AvgIpc) is 3.12. The van der Waals surface area contributed by atoms with Crippen molar-refractivity contribution in [3.8, 4) is 0 Å². The first kappa shape index (κ1) is 56.5. The molecule has 0 aliphatic heterocycles. The monoisotopic (exact) mass is 777 g/mol. The third-order valence-electron chi connectivity index (χ3n) is 10.1. The van der Waals surface area contributed by atoms with Crippen LogP contribution in [0.15, 0.2) is 0 Å². The number of amides is 2. The minimum absolute atomic E-state index is 0. The van der Waals surface area contributed by atoms with Crippen LogP contribution < -0.4 is 10.2 Å². The van der Waals surface area contributed by atoms with Gasteiger partial charge in [0.25, 0.3) is 0 Å². The molecule has 0 unspecified atom stereocenters. The molecule has 8 nitrogen and oxygen atoms in total. The van der Waals surface area contributed by atoms with E-state index in [2.05, 4.69) is 13.8 Å². The molecular formula is C44H84CaN2O6. The Labute approximate surface area is 357 Å². The molecule has 0 radical (unpaired) electrons. The largest absolute Gasteiger partial charge is 2.00 e. The minimum Gasteiger partial charge on any atom is -0.550 e. The summed E-state index contributed by atoms with van der Waals surface area (Å²) in [4.78, 5) is 47.4. The number of rotatable bonds is 38. The van der Waals surface area contributed by atoms with Crippen molar-refractivity contribution in [2.45, 2.75) is 232 Å². The van der Waals surface area contributed by atoms with Crippen molar-refractivity contribution in [1.29, 1.82) is 0 Å². The fourth-order valence-electron chi connectivity index (χ4n) is 6.44. The molecule has 0 aromatic carbocycles. The van der Waals surface area contributed by atoms with E-state index in [-0.39, 0.29) is 75.5 Å². The van der Waals surface area contributed by atoms with Crippen LogP contribution in [-0.4, -0.2) is 98.5 Å². The predicted octanol–water partition coefficient (Wildman–Crippen LogP) is 9.31. The quantitative estimate of drug-likeness (QED) is 0.0455. The number of carboxylic acids is 2. The Kier molecular flexibility index (Phi) is 48.5. The number of carbonyl (C=O) groups excluding carboxylic acids is 4. The summed E-state index contributed by atoms with van der Waals surface area (Å²) < 4.78 is 0. The van der Waals surface area contributed by atoms with Gasteiger partial charge in [-0.2, -0.15) is 0 Å². The SMILES string of the molecule is CCCCCCCCCCCCCCCCCC(=O)N(C)CCC(=O)[O-].CCCCCCCCCCCCCCCCCC(=O)N(C)CCC(=O)[O-].[Ca+2]. The molecular weight excluding hydrogens is 693 g/mol. The maximum Gasteiger partial charge on any atom is 2.00 e. The van der Waals surface area contributed by atoms with Gasteiger partial charge >= 0.3 is 37.7 Å². The van der Waals surface area contributed by atoms with Crippen LogP contribution in [0.2, 0.25) is 0 Å². The third kappa shape index (κ3) is 47.2. The number of hydrogen-bond donors (Lipinski definition) is 0. The first-order chi connectivity index (χ1) is 25.1. The van der Waals surface area contributed by atoms with Crippen molar-refractivity contribution in [1.82, 2.24) is 9.80 Å². The summed E-state index contributed by atoms with van der Waals surface area (Å²) in [6.07, 6.45) is 40.3. The molecule has 9 heteroatoms. The standard InChI is InChI=1S/2C22H43NO3.Ca/c2*1-3-4-5-6-7-8-9-10-11-12-13-14-15-16-17-18-21(24)23(2)20-19-22(25)26;/h2*3-20H2,1-2H3,(H,25,26);/q;;+2/p-2. The molecule has 2 amide bonds. The zero-order chi connectivity index (χ0) is 38.9. The van der Waals surface area contributed by atoms with Gasteiger partial charge in [-0.05, 0) is 12.8 Å². The maximum absolute atomic E-state index is 11.8. The van der Waals surface area contributed by atoms with Gasteiger partial charge in [0.05, 0.1) is 0 Å². The zero-order valence-electron chi connectivity index (χ0n) is 35.5. The fraction of sp³-hybridized carbons (Fsp3) is 0.909. The van der Waals surface area contributed by atoms with E-state index in [9.17, 15) is 29.4 Å². The van der Waals surface area contributed by atoms with Crippen LogP contribution in [0.3, 0.4) is 0 Å². The molecule has 0 aliphatic carbocycles. The fourth-order valence-corrected chi connectivity index (χ4v) is 6.44. The first-order valence-corrected chi connectivity index (χ1v) is 22.0. The van der Waals surface area contributed by atoms with Gasteiger partial charge in [0, 0.05) is 64.8 Å². The summed E-state index contributed by atoms with van der Waals surface area (Å²) in [5.74, 6) is -2.12. The molecule has 0 fully saturated rings. The van der Waals surface area contributed by atoms with E-state index in [4.69, 9.17) is 0 Å². The van der Waals surface area contributed by atoms with Crippen molar-refractivity contribution < 1.29 is 29.4 Å². The second-order valence-electron chi connectivity index (χ2n) is 15.3. The Balaban J connectivity index is -0.000000926. The van der Waals surface area contributed by atoms with Crippen LogP contribution in [-0.2, 0) is 19.2 Å². The normalized spacial score (nSPS) is 10.6. The molecule has 0 N–H and O–H groups in total. The van der Waals surface area contributed by atoms with Crippen molar-refractivity contribution in [2.75, 3.05) is 27.2 Å². The van der Waals surface area contributed by atoms with E-state index in [1.54, 1.807) is 14.1 Å². The molecule has 0 aromatic rings. The molecule has 0 spiro atoms. The molecule has 0 atom stereocenters. The number of hydrogen-bond acceptors (Lipinski definition) is 6. The predicted molar refractivity (Wildman–Crippen MR) is 219 cm³/mol. The molecule has 308 valence electrons. The van der Waals surface area contributed by atoms with E-state index in [0.29, 0.717) is 12.8 Å². The van der Waals surface area contributed by atoms with Crippen LogP contribution >= 0.6 is 0 Å². The second-order valence-corrected chi connectivity index (χ2v) is 15.3. The number of aliphatic carboxylic acids is 2. The summed E-state index contributed by atoms with van der Waals surface area (Å²) in [5.41, 5.74) is 0. The first-order valence-electron chi connectivity index (χ1n) is 22.0. The zero-order valence-corrected chi connectivity index (χ0v) is 37.7. The second kappa shape index (κ2) is 45.5. The molecule has 0 heterocycles. The minimum atomic E-state index is -1.10. The van der Waals surface area contributed by atoms with Crippen molar-refractivity contribution >= 4 is 61.5 Å². The molecule has 0 aromatic heterocycles. The van der Waals surface area contributed by atoms with E-state index in [0.717, 1.165) is 25.7 Å². The average molecular weight is 777 g/mol. The van der Waals surface area contributed by atoms with Gasteiger partial charge in [0.2, 0.25) is 11.8 Å². The van der Waals surface area contributed by atoms with Crippen molar-refractivity contribution in [3.63, 3.8) is 0 Å². The van der Waals surface area contributed by atoms with Crippen LogP contribution in [0, 0.1) is 0 Å². The Hall–Kier alpha value is -0.860. The molecule has 0 bridgehead atoms. The maximum atomic E-state index is 11.8. The van der Waals surface area contributed by atoms with E-state index in [1.807, 2.05) is 0 Å².